The first kappa shape index (κ1) is 17.2. The lowest BCUT2D eigenvalue weighted by Gasteiger charge is -2.34. The molecule has 2 rings (SSSR count). The maximum absolute atomic E-state index is 11.4. The van der Waals surface area contributed by atoms with Crippen molar-refractivity contribution in [3.8, 4) is 5.75 Å². The topological polar surface area (TPSA) is 70.1 Å². The molecule has 1 aliphatic heterocycles. The van der Waals surface area contributed by atoms with E-state index in [4.69, 9.17) is 4.74 Å². The van der Waals surface area contributed by atoms with Crippen molar-refractivity contribution < 1.29 is 18.3 Å². The molecule has 1 heterocycles. The van der Waals surface area contributed by atoms with Crippen molar-refractivity contribution in [3.05, 3.63) is 29.8 Å². The highest BCUT2D eigenvalue weighted by molar-refractivity contribution is 7.88. The maximum atomic E-state index is 11.4. The molecule has 1 aromatic carbocycles. The number of aryl methyl sites for hydroxylation is 1. The Balaban J connectivity index is 1.73. The van der Waals surface area contributed by atoms with Crippen molar-refractivity contribution in [1.29, 1.82) is 0 Å². The van der Waals surface area contributed by atoms with E-state index in [0.29, 0.717) is 32.7 Å². The summed E-state index contributed by atoms with van der Waals surface area (Å²) in [5.41, 5.74) is 1.11. The van der Waals surface area contributed by atoms with E-state index in [-0.39, 0.29) is 6.61 Å². The lowest BCUT2D eigenvalue weighted by molar-refractivity contribution is 0.0569. The van der Waals surface area contributed by atoms with E-state index < -0.39 is 16.1 Å². The maximum Gasteiger partial charge on any atom is 0.211 e. The second-order valence-electron chi connectivity index (χ2n) is 5.74. The number of piperazine rings is 1. The summed E-state index contributed by atoms with van der Waals surface area (Å²) in [6.45, 7) is 4.93. The summed E-state index contributed by atoms with van der Waals surface area (Å²) in [4.78, 5) is 2.06. The minimum atomic E-state index is -3.11. The number of hydrogen-bond acceptors (Lipinski definition) is 5. The number of rotatable bonds is 6. The number of benzene rings is 1. The standard InChI is InChI=1S/C15H24N2O4S/c1-13-4-3-5-15(10-13)21-12-14(18)11-16-6-8-17(9-7-16)22(2,19)20/h3-5,10,14,18H,6-9,11-12H2,1-2H3/t14-/m1/s1. The Morgan fingerprint density at radius 1 is 1.27 bits per heavy atom. The van der Waals surface area contributed by atoms with Gasteiger partial charge in [0.05, 0.1) is 6.26 Å². The summed E-state index contributed by atoms with van der Waals surface area (Å²) >= 11 is 0. The van der Waals surface area contributed by atoms with Crippen LogP contribution < -0.4 is 4.74 Å². The summed E-state index contributed by atoms with van der Waals surface area (Å²) in [6.07, 6.45) is 0.637. The molecule has 0 saturated carbocycles. The largest absolute Gasteiger partial charge is 0.491 e. The molecule has 22 heavy (non-hydrogen) atoms. The van der Waals surface area contributed by atoms with Crippen LogP contribution >= 0.6 is 0 Å². The first-order valence-electron chi connectivity index (χ1n) is 7.39. The molecule has 1 atom stereocenters. The first-order valence-corrected chi connectivity index (χ1v) is 9.24. The third-order valence-corrected chi connectivity index (χ3v) is 5.00. The number of aliphatic hydroxyl groups is 1. The van der Waals surface area contributed by atoms with E-state index >= 15 is 0 Å². The molecule has 1 fully saturated rings. The number of nitrogens with zero attached hydrogens (tertiary/aromatic N) is 2. The first-order chi connectivity index (χ1) is 10.3. The second-order valence-corrected chi connectivity index (χ2v) is 7.73. The van der Waals surface area contributed by atoms with E-state index in [1.807, 2.05) is 31.2 Å². The van der Waals surface area contributed by atoms with E-state index in [9.17, 15) is 13.5 Å². The highest BCUT2D eigenvalue weighted by Crippen LogP contribution is 2.13. The molecule has 0 radical (unpaired) electrons. The predicted molar refractivity (Wildman–Crippen MR) is 85.5 cm³/mol. The Morgan fingerprint density at radius 2 is 1.95 bits per heavy atom. The second kappa shape index (κ2) is 7.41. The molecule has 0 spiro atoms. The normalized spacial score (nSPS) is 19.0. The van der Waals surface area contributed by atoms with Crippen molar-refractivity contribution in [2.45, 2.75) is 13.0 Å². The van der Waals surface area contributed by atoms with Crippen LogP contribution in [0, 0.1) is 6.92 Å². The van der Waals surface area contributed by atoms with Gasteiger partial charge in [-0.1, -0.05) is 12.1 Å². The SMILES string of the molecule is Cc1cccc(OC[C@H](O)CN2CCN(S(C)(=O)=O)CC2)c1. The van der Waals surface area contributed by atoms with Gasteiger partial charge in [-0.3, -0.25) is 4.90 Å². The minimum absolute atomic E-state index is 0.232. The van der Waals surface area contributed by atoms with Gasteiger partial charge in [0.25, 0.3) is 0 Å². The predicted octanol–water partition coefficient (Wildman–Crippen LogP) is 0.312. The lowest BCUT2D eigenvalue weighted by atomic mass is 10.2. The highest BCUT2D eigenvalue weighted by atomic mass is 32.2. The van der Waals surface area contributed by atoms with Crippen molar-refractivity contribution >= 4 is 10.0 Å². The van der Waals surface area contributed by atoms with Crippen LogP contribution in [0.25, 0.3) is 0 Å². The third-order valence-electron chi connectivity index (χ3n) is 3.70. The van der Waals surface area contributed by atoms with Gasteiger partial charge in [0.15, 0.2) is 0 Å². The van der Waals surface area contributed by atoms with Gasteiger partial charge in [-0.05, 0) is 24.6 Å². The van der Waals surface area contributed by atoms with Crippen LogP contribution in [0.15, 0.2) is 24.3 Å². The Morgan fingerprint density at radius 3 is 2.55 bits per heavy atom. The van der Waals surface area contributed by atoms with Crippen LogP contribution in [0.2, 0.25) is 0 Å². The van der Waals surface area contributed by atoms with Gasteiger partial charge in [0, 0.05) is 32.7 Å². The molecule has 6 nitrogen and oxygen atoms in total. The highest BCUT2D eigenvalue weighted by Gasteiger charge is 2.24. The summed E-state index contributed by atoms with van der Waals surface area (Å²) < 4.78 is 29.9. The molecule has 0 aliphatic carbocycles. The molecule has 124 valence electrons. The molecule has 1 aromatic rings. The number of aliphatic hydroxyl groups excluding tert-OH is 1. The molecule has 0 aromatic heterocycles. The molecule has 0 unspecified atom stereocenters. The Bertz CT molecular complexity index is 583. The quantitative estimate of drug-likeness (QED) is 0.814. The van der Waals surface area contributed by atoms with Crippen molar-refractivity contribution in [1.82, 2.24) is 9.21 Å². The number of sulfonamides is 1. The van der Waals surface area contributed by atoms with Crippen LogP contribution in [0.4, 0.5) is 0 Å². The van der Waals surface area contributed by atoms with Crippen LogP contribution in [0.1, 0.15) is 5.56 Å². The molecule has 1 saturated heterocycles. The minimum Gasteiger partial charge on any atom is -0.491 e. The number of ether oxygens (including phenoxy) is 1. The lowest BCUT2D eigenvalue weighted by Crippen LogP contribution is -2.50. The van der Waals surface area contributed by atoms with Crippen LogP contribution in [-0.2, 0) is 10.0 Å². The number of hydrogen-bond donors (Lipinski definition) is 1. The van der Waals surface area contributed by atoms with Crippen molar-refractivity contribution in [3.63, 3.8) is 0 Å². The van der Waals surface area contributed by atoms with Gasteiger partial charge >= 0.3 is 0 Å². The average molecular weight is 328 g/mol. The van der Waals surface area contributed by atoms with Gasteiger partial charge in [0.2, 0.25) is 10.0 Å². The summed E-state index contributed by atoms with van der Waals surface area (Å²) in [7, 11) is -3.11. The van der Waals surface area contributed by atoms with Gasteiger partial charge < -0.3 is 9.84 Å². The zero-order chi connectivity index (χ0) is 16.2. The van der Waals surface area contributed by atoms with Gasteiger partial charge in [-0.15, -0.1) is 0 Å². The van der Waals surface area contributed by atoms with E-state index in [0.717, 1.165) is 11.3 Å². The zero-order valence-corrected chi connectivity index (χ0v) is 13.9. The molecular weight excluding hydrogens is 304 g/mol. The third kappa shape index (κ3) is 5.24. The summed E-state index contributed by atoms with van der Waals surface area (Å²) in [5, 5.41) is 10.1. The molecule has 1 aliphatic rings. The fraction of sp³-hybridized carbons (Fsp3) is 0.600. The number of β-amino-alcohol motifs (C(OH)–C–C–N with tert-alkyl or cyclic N) is 1. The molecule has 0 amide bonds. The van der Waals surface area contributed by atoms with Crippen LogP contribution in [0.3, 0.4) is 0 Å². The van der Waals surface area contributed by atoms with E-state index in [1.165, 1.54) is 10.6 Å². The van der Waals surface area contributed by atoms with Crippen LogP contribution in [-0.4, -0.2) is 74.4 Å². The van der Waals surface area contributed by atoms with E-state index in [2.05, 4.69) is 4.90 Å². The zero-order valence-electron chi connectivity index (χ0n) is 13.1. The molecule has 1 N–H and O–H groups in total. The molecule has 0 bridgehead atoms. The Hall–Kier alpha value is -1.15. The molecular formula is C15H24N2O4S. The van der Waals surface area contributed by atoms with Gasteiger partial charge in [-0.25, -0.2) is 8.42 Å². The summed E-state index contributed by atoms with van der Waals surface area (Å²) in [6, 6.07) is 7.70. The van der Waals surface area contributed by atoms with Crippen molar-refractivity contribution in [2.24, 2.45) is 0 Å². The summed E-state index contributed by atoms with van der Waals surface area (Å²) in [5.74, 6) is 0.751. The fourth-order valence-corrected chi connectivity index (χ4v) is 3.32. The monoisotopic (exact) mass is 328 g/mol. The van der Waals surface area contributed by atoms with Gasteiger partial charge in [-0.2, -0.15) is 4.31 Å². The van der Waals surface area contributed by atoms with Gasteiger partial charge in [0.1, 0.15) is 18.5 Å². The Labute approximate surface area is 132 Å². The van der Waals surface area contributed by atoms with Crippen LogP contribution in [0.5, 0.6) is 5.75 Å². The Kier molecular flexibility index (Phi) is 5.80. The average Bonchev–Trinajstić information content (AvgIpc) is 2.45. The fourth-order valence-electron chi connectivity index (χ4n) is 2.49. The van der Waals surface area contributed by atoms with E-state index in [1.54, 1.807) is 0 Å². The smallest absolute Gasteiger partial charge is 0.211 e. The van der Waals surface area contributed by atoms with Crippen molar-refractivity contribution in [2.75, 3.05) is 45.6 Å². The molecule has 7 heteroatoms.